The predicted octanol–water partition coefficient (Wildman–Crippen LogP) is 6.84. The first-order valence-electron chi connectivity index (χ1n) is 12.0. The van der Waals surface area contributed by atoms with Gasteiger partial charge in [0.15, 0.2) is 0 Å². The van der Waals surface area contributed by atoms with E-state index in [1.165, 1.54) is 83.5 Å². The van der Waals surface area contributed by atoms with Crippen LogP contribution in [0.1, 0.15) is 117 Å². The highest BCUT2D eigenvalue weighted by Crippen LogP contribution is 2.13. The molecule has 0 rings (SSSR count). The van der Waals surface area contributed by atoms with Gasteiger partial charge in [-0.25, -0.2) is 0 Å². The fourth-order valence-electron chi connectivity index (χ4n) is 3.36. The van der Waals surface area contributed by atoms with Gasteiger partial charge in [0.2, 0.25) is 0 Å². The van der Waals surface area contributed by atoms with Gasteiger partial charge in [-0.2, -0.15) is 0 Å². The summed E-state index contributed by atoms with van der Waals surface area (Å²) >= 11 is 0. The van der Waals surface area contributed by atoms with Crippen LogP contribution in [-0.4, -0.2) is 39.0 Å². The minimum absolute atomic E-state index is 0.162. The first kappa shape index (κ1) is 27.4. The highest BCUT2D eigenvalue weighted by atomic mass is 16.6. The van der Waals surface area contributed by atoms with Gasteiger partial charge < -0.3 is 14.2 Å². The van der Waals surface area contributed by atoms with Crippen LogP contribution in [-0.2, 0) is 19.0 Å². The van der Waals surface area contributed by atoms with E-state index in [0.717, 1.165) is 19.4 Å². The molecule has 0 aromatic carbocycles. The van der Waals surface area contributed by atoms with Gasteiger partial charge in [-0.05, 0) is 12.8 Å². The lowest BCUT2D eigenvalue weighted by Crippen LogP contribution is -2.28. The van der Waals surface area contributed by atoms with E-state index < -0.39 is 0 Å². The summed E-state index contributed by atoms with van der Waals surface area (Å²) in [5.41, 5.74) is 0. The van der Waals surface area contributed by atoms with Crippen LogP contribution in [0, 0.1) is 0 Å². The van der Waals surface area contributed by atoms with Crippen molar-refractivity contribution in [2.24, 2.45) is 0 Å². The van der Waals surface area contributed by atoms with Crippen molar-refractivity contribution in [1.82, 2.24) is 0 Å². The van der Waals surface area contributed by atoms with E-state index in [1.54, 1.807) is 7.11 Å². The van der Waals surface area contributed by atoms with Crippen LogP contribution < -0.4 is 0 Å². The number of hydrogen-bond donors (Lipinski definition) is 0. The number of ether oxygens (including phenoxy) is 3. The minimum Gasteiger partial charge on any atom is -0.457 e. The smallest absolute Gasteiger partial charge is 0.306 e. The van der Waals surface area contributed by atoms with E-state index in [9.17, 15) is 4.79 Å². The third kappa shape index (κ3) is 20.1. The Balaban J connectivity index is 3.34. The number of methoxy groups -OCH3 is 1. The third-order valence-electron chi connectivity index (χ3n) is 5.05. The van der Waals surface area contributed by atoms with Gasteiger partial charge in [-0.1, -0.05) is 97.3 Å². The first-order chi connectivity index (χ1) is 13.7. The van der Waals surface area contributed by atoms with Crippen molar-refractivity contribution in [1.29, 1.82) is 0 Å². The molecule has 0 amide bonds. The number of hydrogen-bond acceptors (Lipinski definition) is 4. The molecular formula is C24H48O4. The second kappa shape index (κ2) is 22.7. The van der Waals surface area contributed by atoms with Gasteiger partial charge in [0.25, 0.3) is 0 Å². The van der Waals surface area contributed by atoms with E-state index in [-0.39, 0.29) is 12.1 Å². The Kier molecular flexibility index (Phi) is 22.2. The van der Waals surface area contributed by atoms with Crippen LogP contribution >= 0.6 is 0 Å². The molecule has 0 spiro atoms. The van der Waals surface area contributed by atoms with Gasteiger partial charge in [0.1, 0.15) is 6.10 Å². The fourth-order valence-corrected chi connectivity index (χ4v) is 3.36. The molecule has 0 bridgehead atoms. The molecule has 0 N–H and O–H groups in total. The van der Waals surface area contributed by atoms with Gasteiger partial charge >= 0.3 is 5.97 Å². The van der Waals surface area contributed by atoms with Crippen molar-refractivity contribution in [3.8, 4) is 0 Å². The van der Waals surface area contributed by atoms with Gasteiger partial charge in [-0.3, -0.25) is 4.79 Å². The number of carbonyl (C=O) groups is 1. The van der Waals surface area contributed by atoms with Crippen molar-refractivity contribution in [3.63, 3.8) is 0 Å². The van der Waals surface area contributed by atoms with Crippen LogP contribution in [0.4, 0.5) is 0 Å². The second-order valence-electron chi connectivity index (χ2n) is 7.99. The Morgan fingerprint density at radius 2 is 1.18 bits per heavy atom. The average molecular weight is 401 g/mol. The zero-order valence-corrected chi connectivity index (χ0v) is 19.1. The Morgan fingerprint density at radius 3 is 1.64 bits per heavy atom. The maximum Gasteiger partial charge on any atom is 0.306 e. The molecule has 0 aliphatic heterocycles. The topological polar surface area (TPSA) is 44.8 Å². The predicted molar refractivity (Wildman–Crippen MR) is 118 cm³/mol. The molecule has 28 heavy (non-hydrogen) atoms. The zero-order chi connectivity index (χ0) is 20.7. The molecule has 0 heterocycles. The van der Waals surface area contributed by atoms with Gasteiger partial charge in [-0.15, -0.1) is 0 Å². The molecule has 0 aliphatic rings. The maximum absolute atomic E-state index is 11.6. The van der Waals surface area contributed by atoms with Crippen LogP contribution in [0.25, 0.3) is 0 Å². The van der Waals surface area contributed by atoms with Crippen LogP contribution in [0.5, 0.6) is 0 Å². The molecule has 0 aromatic rings. The summed E-state index contributed by atoms with van der Waals surface area (Å²) in [6.45, 7) is 5.82. The molecule has 1 unspecified atom stereocenters. The summed E-state index contributed by atoms with van der Waals surface area (Å²) in [7, 11) is 1.62. The molecule has 0 aliphatic carbocycles. The van der Waals surface area contributed by atoms with Crippen molar-refractivity contribution >= 4 is 5.97 Å². The lowest BCUT2D eigenvalue weighted by Gasteiger charge is -2.17. The molecule has 4 heteroatoms. The molecule has 168 valence electrons. The highest BCUT2D eigenvalue weighted by Gasteiger charge is 2.14. The minimum atomic E-state index is -0.282. The molecule has 0 fully saturated rings. The highest BCUT2D eigenvalue weighted by molar-refractivity contribution is 5.69. The molecular weight excluding hydrogens is 352 g/mol. The lowest BCUT2D eigenvalue weighted by atomic mass is 10.0. The number of carbonyl (C=O) groups excluding carboxylic acids is 1. The maximum atomic E-state index is 11.6. The van der Waals surface area contributed by atoms with Crippen molar-refractivity contribution < 1.29 is 19.0 Å². The first-order valence-corrected chi connectivity index (χ1v) is 12.0. The zero-order valence-electron chi connectivity index (χ0n) is 19.1. The molecule has 0 saturated heterocycles. The SMILES string of the molecule is CCCCCCCCCCCCCCCCOCC(COC)OC(=O)CCC. The standard InChI is InChI=1S/C24H48O4/c1-4-6-7-8-9-10-11-12-13-14-15-16-17-18-20-27-22-23(21-26-3)28-24(25)19-5-2/h23H,4-22H2,1-3H3. The monoisotopic (exact) mass is 400 g/mol. The Morgan fingerprint density at radius 1 is 0.679 bits per heavy atom. The number of unbranched alkanes of at least 4 members (excludes halogenated alkanes) is 13. The van der Waals surface area contributed by atoms with Crippen LogP contribution in [0.3, 0.4) is 0 Å². The fraction of sp³-hybridized carbons (Fsp3) is 0.958. The lowest BCUT2D eigenvalue weighted by molar-refractivity contribution is -0.155. The Hall–Kier alpha value is -0.610. The summed E-state index contributed by atoms with van der Waals surface area (Å²) in [6, 6.07) is 0. The van der Waals surface area contributed by atoms with Crippen molar-refractivity contribution in [3.05, 3.63) is 0 Å². The van der Waals surface area contributed by atoms with E-state index in [1.807, 2.05) is 6.92 Å². The summed E-state index contributed by atoms with van der Waals surface area (Å²) in [4.78, 5) is 11.6. The number of rotatable bonds is 22. The molecule has 0 saturated carbocycles. The van der Waals surface area contributed by atoms with Crippen LogP contribution in [0.2, 0.25) is 0 Å². The molecule has 0 radical (unpaired) electrons. The quantitative estimate of drug-likeness (QED) is 0.147. The summed E-state index contributed by atoms with van der Waals surface area (Å²) in [5, 5.41) is 0. The van der Waals surface area contributed by atoms with Crippen molar-refractivity contribution in [2.75, 3.05) is 26.9 Å². The normalized spacial score (nSPS) is 12.2. The molecule has 1 atom stereocenters. The van der Waals surface area contributed by atoms with E-state index >= 15 is 0 Å². The van der Waals surface area contributed by atoms with Gasteiger partial charge in [0, 0.05) is 20.1 Å². The summed E-state index contributed by atoms with van der Waals surface area (Å²) < 4.78 is 16.1. The van der Waals surface area contributed by atoms with E-state index in [0.29, 0.717) is 19.6 Å². The molecule has 0 aromatic heterocycles. The third-order valence-corrected chi connectivity index (χ3v) is 5.05. The molecule has 4 nitrogen and oxygen atoms in total. The summed E-state index contributed by atoms with van der Waals surface area (Å²) in [6.07, 6.45) is 20.0. The van der Waals surface area contributed by atoms with E-state index in [2.05, 4.69) is 6.92 Å². The Labute approximate surface area is 175 Å². The van der Waals surface area contributed by atoms with E-state index in [4.69, 9.17) is 14.2 Å². The second-order valence-corrected chi connectivity index (χ2v) is 7.99. The largest absolute Gasteiger partial charge is 0.457 e. The number of esters is 1. The summed E-state index contributed by atoms with van der Waals surface area (Å²) in [5.74, 6) is -0.162. The van der Waals surface area contributed by atoms with Crippen LogP contribution in [0.15, 0.2) is 0 Å². The Bertz CT molecular complexity index is 320. The van der Waals surface area contributed by atoms with Crippen molar-refractivity contribution in [2.45, 2.75) is 123 Å². The van der Waals surface area contributed by atoms with Gasteiger partial charge in [0.05, 0.1) is 13.2 Å². The average Bonchev–Trinajstić information content (AvgIpc) is 2.68.